The Morgan fingerprint density at radius 2 is 1.90 bits per heavy atom. The van der Waals surface area contributed by atoms with E-state index >= 15 is 0 Å². The van der Waals surface area contributed by atoms with E-state index in [0.29, 0.717) is 54.4 Å². The number of piperazine rings is 1. The lowest BCUT2D eigenvalue weighted by Crippen LogP contribution is -2.49. The fourth-order valence-electron chi connectivity index (χ4n) is 3.63. The van der Waals surface area contributed by atoms with Gasteiger partial charge in [0.1, 0.15) is 17.4 Å². The lowest BCUT2D eigenvalue weighted by Gasteiger charge is -2.35. The number of halogens is 1. The molecular formula is C22H26FN5O3. The van der Waals surface area contributed by atoms with Gasteiger partial charge in [-0.15, -0.1) is 5.10 Å². The number of benzene rings is 1. The SMILES string of the molecule is COc1cc(C)c(F)cc1-c1cnc2ccc(N3CCN(C(=O)OC(C)C)CC3)nn12. The minimum Gasteiger partial charge on any atom is -0.496 e. The summed E-state index contributed by atoms with van der Waals surface area (Å²) in [4.78, 5) is 20.3. The Hall–Kier alpha value is -3.36. The first-order chi connectivity index (χ1) is 14.9. The van der Waals surface area contributed by atoms with Crippen LogP contribution in [0.3, 0.4) is 0 Å². The molecule has 0 unspecified atom stereocenters. The normalized spacial score (nSPS) is 14.4. The van der Waals surface area contributed by atoms with Crippen molar-refractivity contribution in [1.82, 2.24) is 19.5 Å². The summed E-state index contributed by atoms with van der Waals surface area (Å²) in [5.41, 5.74) is 2.40. The Balaban J connectivity index is 1.60. The summed E-state index contributed by atoms with van der Waals surface area (Å²) in [6, 6.07) is 6.90. The molecule has 31 heavy (non-hydrogen) atoms. The third-order valence-corrected chi connectivity index (χ3v) is 5.30. The number of methoxy groups -OCH3 is 1. The second-order valence-corrected chi connectivity index (χ2v) is 7.81. The van der Waals surface area contributed by atoms with Crippen LogP contribution in [0, 0.1) is 12.7 Å². The number of imidazole rings is 1. The molecule has 0 atom stereocenters. The first-order valence-corrected chi connectivity index (χ1v) is 10.3. The predicted molar refractivity (Wildman–Crippen MR) is 115 cm³/mol. The molecule has 2 aromatic heterocycles. The van der Waals surface area contributed by atoms with Crippen molar-refractivity contribution in [3.8, 4) is 17.0 Å². The number of nitrogens with zero attached hydrogens (tertiary/aromatic N) is 5. The first kappa shape index (κ1) is 20.9. The van der Waals surface area contributed by atoms with Gasteiger partial charge in [-0.3, -0.25) is 0 Å². The highest BCUT2D eigenvalue weighted by molar-refractivity contribution is 5.71. The van der Waals surface area contributed by atoms with E-state index < -0.39 is 0 Å². The van der Waals surface area contributed by atoms with Crippen molar-refractivity contribution in [2.75, 3.05) is 38.2 Å². The number of carbonyl (C=O) groups excluding carboxylic acids is 1. The predicted octanol–water partition coefficient (Wildman–Crippen LogP) is 3.52. The quantitative estimate of drug-likeness (QED) is 0.635. The molecule has 0 bridgehead atoms. The number of anilines is 1. The summed E-state index contributed by atoms with van der Waals surface area (Å²) in [5, 5.41) is 4.75. The van der Waals surface area contributed by atoms with Gasteiger partial charge in [-0.1, -0.05) is 0 Å². The highest BCUT2D eigenvalue weighted by Gasteiger charge is 2.24. The van der Waals surface area contributed by atoms with E-state index in [0.717, 1.165) is 5.82 Å². The van der Waals surface area contributed by atoms with Gasteiger partial charge in [-0.25, -0.2) is 18.7 Å². The maximum absolute atomic E-state index is 14.3. The summed E-state index contributed by atoms with van der Waals surface area (Å²) >= 11 is 0. The van der Waals surface area contributed by atoms with Crippen LogP contribution in [0.15, 0.2) is 30.5 Å². The lowest BCUT2D eigenvalue weighted by atomic mass is 10.1. The van der Waals surface area contributed by atoms with Crippen LogP contribution in [-0.4, -0.2) is 65.0 Å². The van der Waals surface area contributed by atoms with Gasteiger partial charge in [0.2, 0.25) is 0 Å². The van der Waals surface area contributed by atoms with Crippen molar-refractivity contribution in [3.63, 3.8) is 0 Å². The van der Waals surface area contributed by atoms with Crippen LogP contribution < -0.4 is 9.64 Å². The van der Waals surface area contributed by atoms with E-state index in [9.17, 15) is 9.18 Å². The number of fused-ring (bicyclic) bond motifs is 1. The zero-order valence-electron chi connectivity index (χ0n) is 18.1. The molecule has 1 aliphatic heterocycles. The highest BCUT2D eigenvalue weighted by atomic mass is 19.1. The van der Waals surface area contributed by atoms with Crippen LogP contribution >= 0.6 is 0 Å². The number of amides is 1. The van der Waals surface area contributed by atoms with Crippen molar-refractivity contribution in [2.24, 2.45) is 0 Å². The Labute approximate surface area is 180 Å². The zero-order valence-corrected chi connectivity index (χ0v) is 18.1. The molecule has 1 amide bonds. The molecule has 164 valence electrons. The van der Waals surface area contributed by atoms with Gasteiger partial charge in [-0.05, 0) is 50.6 Å². The van der Waals surface area contributed by atoms with Gasteiger partial charge in [0, 0.05) is 31.7 Å². The lowest BCUT2D eigenvalue weighted by molar-refractivity contribution is 0.0751. The molecule has 0 saturated carbocycles. The largest absolute Gasteiger partial charge is 0.496 e. The topological polar surface area (TPSA) is 72.2 Å². The summed E-state index contributed by atoms with van der Waals surface area (Å²) in [5.74, 6) is 1.01. The molecule has 1 aromatic carbocycles. The zero-order chi connectivity index (χ0) is 22.1. The standard InChI is InChI=1S/C22H26FN5O3/c1-14(2)31-22(29)27-9-7-26(8-10-27)21-6-5-20-24-13-18(28(20)25-21)16-12-17(23)15(3)11-19(16)30-4/h5-6,11-14H,7-10H2,1-4H3. The maximum atomic E-state index is 14.3. The smallest absolute Gasteiger partial charge is 0.410 e. The Bertz CT molecular complexity index is 1110. The second-order valence-electron chi connectivity index (χ2n) is 7.81. The van der Waals surface area contributed by atoms with Gasteiger partial charge in [0.25, 0.3) is 0 Å². The minimum atomic E-state index is -0.314. The van der Waals surface area contributed by atoms with Crippen molar-refractivity contribution >= 4 is 17.6 Å². The third-order valence-electron chi connectivity index (χ3n) is 5.30. The fraction of sp³-hybridized carbons (Fsp3) is 0.409. The Morgan fingerprint density at radius 1 is 1.16 bits per heavy atom. The van der Waals surface area contributed by atoms with Crippen LogP contribution in [0.2, 0.25) is 0 Å². The number of ether oxygens (including phenoxy) is 2. The Kier molecular flexibility index (Phi) is 5.67. The maximum Gasteiger partial charge on any atom is 0.410 e. The highest BCUT2D eigenvalue weighted by Crippen LogP contribution is 2.32. The number of aromatic nitrogens is 3. The average Bonchev–Trinajstić information content (AvgIpc) is 3.18. The van der Waals surface area contributed by atoms with Crippen molar-refractivity contribution in [3.05, 3.63) is 41.8 Å². The average molecular weight is 427 g/mol. The van der Waals surface area contributed by atoms with Crippen molar-refractivity contribution in [1.29, 1.82) is 0 Å². The number of hydrogen-bond donors (Lipinski definition) is 0. The molecule has 4 rings (SSSR count). The first-order valence-electron chi connectivity index (χ1n) is 10.3. The van der Waals surface area contributed by atoms with Crippen LogP contribution in [0.1, 0.15) is 19.4 Å². The van der Waals surface area contributed by atoms with Crippen LogP contribution in [0.4, 0.5) is 15.0 Å². The van der Waals surface area contributed by atoms with E-state index in [2.05, 4.69) is 9.88 Å². The number of aryl methyl sites for hydroxylation is 1. The van der Waals surface area contributed by atoms with E-state index in [4.69, 9.17) is 14.6 Å². The number of rotatable bonds is 4. The van der Waals surface area contributed by atoms with Gasteiger partial charge < -0.3 is 19.3 Å². The van der Waals surface area contributed by atoms with E-state index in [1.165, 1.54) is 6.07 Å². The van der Waals surface area contributed by atoms with E-state index in [1.54, 1.807) is 35.7 Å². The molecule has 3 aromatic rings. The fourth-order valence-corrected chi connectivity index (χ4v) is 3.63. The van der Waals surface area contributed by atoms with Crippen LogP contribution in [0.5, 0.6) is 5.75 Å². The number of carbonyl (C=O) groups is 1. The van der Waals surface area contributed by atoms with Crippen molar-refractivity contribution < 1.29 is 18.7 Å². The summed E-state index contributed by atoms with van der Waals surface area (Å²) in [6.07, 6.45) is 1.24. The molecule has 0 N–H and O–H groups in total. The number of hydrogen-bond acceptors (Lipinski definition) is 6. The molecule has 8 nitrogen and oxygen atoms in total. The summed E-state index contributed by atoms with van der Waals surface area (Å²) in [7, 11) is 1.56. The molecule has 1 saturated heterocycles. The molecule has 0 radical (unpaired) electrons. The summed E-state index contributed by atoms with van der Waals surface area (Å²) in [6.45, 7) is 7.76. The van der Waals surface area contributed by atoms with Gasteiger partial charge >= 0.3 is 6.09 Å². The van der Waals surface area contributed by atoms with Crippen LogP contribution in [0.25, 0.3) is 16.9 Å². The second kappa shape index (κ2) is 8.41. The molecule has 0 aliphatic carbocycles. The molecule has 1 fully saturated rings. The van der Waals surface area contributed by atoms with E-state index in [-0.39, 0.29) is 18.0 Å². The third kappa shape index (κ3) is 4.12. The molecule has 9 heteroatoms. The molecular weight excluding hydrogens is 401 g/mol. The molecule has 0 spiro atoms. The van der Waals surface area contributed by atoms with Crippen molar-refractivity contribution in [2.45, 2.75) is 26.9 Å². The van der Waals surface area contributed by atoms with Gasteiger partial charge in [0.15, 0.2) is 5.65 Å². The Morgan fingerprint density at radius 3 is 2.58 bits per heavy atom. The minimum absolute atomic E-state index is 0.141. The van der Waals surface area contributed by atoms with Gasteiger partial charge in [-0.2, -0.15) is 0 Å². The molecule has 3 heterocycles. The van der Waals surface area contributed by atoms with Crippen LogP contribution in [-0.2, 0) is 4.74 Å². The molecule has 1 aliphatic rings. The summed E-state index contributed by atoms with van der Waals surface area (Å²) < 4.78 is 26.7. The van der Waals surface area contributed by atoms with E-state index in [1.807, 2.05) is 26.0 Å². The monoisotopic (exact) mass is 427 g/mol. The van der Waals surface area contributed by atoms with Gasteiger partial charge in [0.05, 0.1) is 25.1 Å².